The molecule has 0 amide bonds. The molecule has 0 saturated carbocycles. The number of halogens is 8. The van der Waals surface area contributed by atoms with Gasteiger partial charge in [-0.3, -0.25) is 0 Å². The Balaban J connectivity index is -0.000000630. The van der Waals surface area contributed by atoms with Crippen molar-refractivity contribution in [2.75, 3.05) is 49.3 Å². The third-order valence-electron chi connectivity index (χ3n) is 8.00. The first kappa shape index (κ1) is 51.8. The number of hydrogen-bond donors (Lipinski definition) is 0. The third kappa shape index (κ3) is 30.9. The van der Waals surface area contributed by atoms with Gasteiger partial charge in [-0.1, -0.05) is 48.5 Å². The van der Waals surface area contributed by atoms with Crippen LogP contribution < -0.4 is 0 Å². The molecule has 2 aromatic carbocycles. The van der Waals surface area contributed by atoms with Crippen LogP contribution in [0.3, 0.4) is 0 Å². The fraction of sp³-hybridized carbons (Fsp3) is 0.625. The maximum atomic E-state index is 9.75. The fourth-order valence-electron chi connectivity index (χ4n) is 4.88. The summed E-state index contributed by atoms with van der Waals surface area (Å²) in [5, 5.41) is 0. The van der Waals surface area contributed by atoms with E-state index in [2.05, 4.69) is 104 Å². The van der Waals surface area contributed by atoms with Crippen molar-refractivity contribution >= 4 is 46.2 Å². The number of hydrogen-bond acceptors (Lipinski definition) is 0. The molecule has 0 radical (unpaired) electrons. The van der Waals surface area contributed by atoms with Gasteiger partial charge in [-0.2, -0.15) is 0 Å². The Labute approximate surface area is 300 Å². The fourth-order valence-corrected chi connectivity index (χ4v) is 12.4. The van der Waals surface area contributed by atoms with Crippen molar-refractivity contribution in [2.45, 2.75) is 80.0 Å². The molecular weight excluding hydrogens is 788 g/mol. The Hall–Kier alpha value is 0.392. The molecule has 2 rings (SSSR count). The minimum Gasteiger partial charge on any atom is -0.418 e. The van der Waals surface area contributed by atoms with Gasteiger partial charge in [0, 0.05) is 31.7 Å². The molecule has 0 fully saturated rings. The van der Waals surface area contributed by atoms with E-state index in [0.29, 0.717) is 0 Å². The monoisotopic (exact) mass is 848 g/mol. The summed E-state index contributed by atoms with van der Waals surface area (Å²) in [6, 6.07) is 18.5. The van der Waals surface area contributed by atoms with E-state index < -0.39 is 14.5 Å². The molecule has 0 heterocycles. The Morgan fingerprint density at radius 3 is 0.596 bits per heavy atom. The molecule has 0 aromatic heterocycles. The minimum absolute atomic E-state index is 0. The minimum atomic E-state index is -6.00. The maximum Gasteiger partial charge on any atom is 2.00 e. The van der Waals surface area contributed by atoms with Gasteiger partial charge in [0.05, 0.1) is 73.9 Å². The van der Waals surface area contributed by atoms with Crippen LogP contribution in [0.15, 0.2) is 48.5 Å². The van der Waals surface area contributed by atoms with E-state index in [1.165, 1.54) is 73.9 Å². The molecule has 0 spiro atoms. The van der Waals surface area contributed by atoms with Crippen molar-refractivity contribution in [2.24, 2.45) is 0 Å². The molecule has 0 aliphatic heterocycles. The summed E-state index contributed by atoms with van der Waals surface area (Å²) in [5.74, 6) is 0. The zero-order chi connectivity index (χ0) is 35.8. The Morgan fingerprint density at radius 2 is 0.489 bits per heavy atom. The summed E-state index contributed by atoms with van der Waals surface area (Å²) >= 11 is 0. The second-order valence-electron chi connectivity index (χ2n) is 11.1. The molecule has 0 bridgehead atoms. The van der Waals surface area contributed by atoms with E-state index in [1.807, 2.05) is 0 Å². The predicted molar refractivity (Wildman–Crippen MR) is 206 cm³/mol. The summed E-state index contributed by atoms with van der Waals surface area (Å²) < 4.78 is 78.0. The maximum absolute atomic E-state index is 9.75. The molecule has 47 heavy (non-hydrogen) atoms. The van der Waals surface area contributed by atoms with Gasteiger partial charge in [0.2, 0.25) is 0 Å². The van der Waals surface area contributed by atoms with E-state index in [4.69, 9.17) is 0 Å². The van der Waals surface area contributed by atoms with E-state index in [-0.39, 0.29) is 52.1 Å². The summed E-state index contributed by atoms with van der Waals surface area (Å²) in [6.45, 7) is 19.0. The van der Waals surface area contributed by atoms with Crippen LogP contribution in [-0.2, 0) is 45.1 Å². The standard InChI is InChI=1S/2C16H28P2.2BF4.Pd/c2*1-5-17(6-2)13-15-11-9-10-12-16(15)14-18(7-3)8-4;2*2-1(3,4)5;/h2*9-12H,5-8,13-14H2,1-4H3;;;/q;;2*-1;+2/p+4. The molecule has 0 saturated heterocycles. The van der Waals surface area contributed by atoms with Gasteiger partial charge in [-0.15, -0.1) is 0 Å². The van der Waals surface area contributed by atoms with Crippen LogP contribution in [0.2, 0.25) is 0 Å². The molecule has 15 heteroatoms. The topological polar surface area (TPSA) is 0 Å². The average molecular weight is 849 g/mol. The Kier molecular flexibility index (Phi) is 33.1. The first-order chi connectivity index (χ1) is 21.5. The molecule has 0 N–H and O–H groups in total. The summed E-state index contributed by atoms with van der Waals surface area (Å²) in [7, 11) is -12.5. The van der Waals surface area contributed by atoms with Gasteiger partial charge in [-0.25, -0.2) is 0 Å². The van der Waals surface area contributed by atoms with Gasteiger partial charge in [0.15, 0.2) is 0 Å². The van der Waals surface area contributed by atoms with Crippen molar-refractivity contribution in [1.29, 1.82) is 0 Å². The van der Waals surface area contributed by atoms with E-state index in [9.17, 15) is 34.5 Å². The van der Waals surface area contributed by atoms with Crippen molar-refractivity contribution in [3.63, 3.8) is 0 Å². The second-order valence-corrected chi connectivity index (χ2v) is 24.1. The molecule has 0 atom stereocenters. The number of rotatable bonds is 16. The van der Waals surface area contributed by atoms with Crippen LogP contribution in [0.4, 0.5) is 34.5 Å². The van der Waals surface area contributed by atoms with Gasteiger partial charge in [-0.05, 0) is 77.6 Å². The summed E-state index contributed by atoms with van der Waals surface area (Å²) in [5.41, 5.74) is 6.66. The Bertz CT molecular complexity index is 846. The largest absolute Gasteiger partial charge is 2.00 e. The summed E-state index contributed by atoms with van der Waals surface area (Å²) in [4.78, 5) is 0. The molecule has 0 aliphatic carbocycles. The molecule has 0 aliphatic rings. The van der Waals surface area contributed by atoms with Gasteiger partial charge >= 0.3 is 34.9 Å². The van der Waals surface area contributed by atoms with Crippen molar-refractivity contribution in [3.05, 3.63) is 70.8 Å². The first-order valence-electron chi connectivity index (χ1n) is 16.7. The van der Waals surface area contributed by atoms with Crippen LogP contribution in [0, 0.1) is 0 Å². The van der Waals surface area contributed by atoms with E-state index in [0.717, 1.165) is 0 Å². The smallest absolute Gasteiger partial charge is 0.418 e. The molecule has 0 nitrogen and oxygen atoms in total. The first-order valence-corrected chi connectivity index (χ1v) is 25.2. The SMILES string of the molecule is CC[PH+](CC)Cc1ccccc1C[PH+](CC)CC.CC[PH+](CC)Cc1ccccc1C[PH+](CC)CC.F[B-](F)(F)F.F[B-](F)(F)F.[Pd+2]. The molecule has 276 valence electrons. The summed E-state index contributed by atoms with van der Waals surface area (Å²) in [6.07, 6.45) is 16.8. The second kappa shape index (κ2) is 30.1. The van der Waals surface area contributed by atoms with Crippen LogP contribution in [0.1, 0.15) is 77.6 Å². The number of benzene rings is 2. The van der Waals surface area contributed by atoms with Crippen LogP contribution >= 0.6 is 31.7 Å². The third-order valence-corrected chi connectivity index (χ3v) is 19.5. The molecular formula is C32H60B2F8P4Pd+4. The zero-order valence-electron chi connectivity index (χ0n) is 29.6. The van der Waals surface area contributed by atoms with Gasteiger partial charge in [0.1, 0.15) is 0 Å². The van der Waals surface area contributed by atoms with E-state index in [1.54, 1.807) is 22.3 Å². The van der Waals surface area contributed by atoms with Crippen molar-refractivity contribution in [1.82, 2.24) is 0 Å². The van der Waals surface area contributed by atoms with E-state index >= 15 is 0 Å². The molecule has 0 unspecified atom stereocenters. The normalized spacial score (nSPS) is 11.3. The van der Waals surface area contributed by atoms with Gasteiger partial charge in [0.25, 0.3) is 0 Å². The quantitative estimate of drug-likeness (QED) is 0.0897. The zero-order valence-corrected chi connectivity index (χ0v) is 35.2. The Morgan fingerprint density at radius 1 is 0.362 bits per heavy atom. The molecule has 2 aromatic rings. The van der Waals surface area contributed by atoms with Gasteiger partial charge < -0.3 is 34.5 Å². The predicted octanol–water partition coefficient (Wildman–Crippen LogP) is 13.0. The van der Waals surface area contributed by atoms with Crippen LogP contribution in [0.5, 0.6) is 0 Å². The van der Waals surface area contributed by atoms with Crippen LogP contribution in [0.25, 0.3) is 0 Å². The van der Waals surface area contributed by atoms with Crippen molar-refractivity contribution < 1.29 is 54.9 Å². The van der Waals surface area contributed by atoms with Crippen LogP contribution in [-0.4, -0.2) is 63.8 Å². The van der Waals surface area contributed by atoms with Crippen molar-refractivity contribution in [3.8, 4) is 0 Å². The average Bonchev–Trinajstić information content (AvgIpc) is 2.99.